The Labute approximate surface area is 95.6 Å². The molecule has 3 nitrogen and oxygen atoms in total. The van der Waals surface area contributed by atoms with Crippen LogP contribution in [0.5, 0.6) is 0 Å². The second-order valence-electron chi connectivity index (χ2n) is 4.26. The van der Waals surface area contributed by atoms with E-state index in [1.54, 1.807) is 0 Å². The first-order valence-electron chi connectivity index (χ1n) is 6.30. The first-order chi connectivity index (χ1) is 7.13. The highest BCUT2D eigenvalue weighted by Gasteiger charge is 2.11. The van der Waals surface area contributed by atoms with Crippen molar-refractivity contribution in [3.8, 4) is 0 Å². The molecule has 0 aliphatic carbocycles. The predicted molar refractivity (Wildman–Crippen MR) is 68.2 cm³/mol. The van der Waals surface area contributed by atoms with Gasteiger partial charge in [-0.2, -0.15) is 0 Å². The van der Waals surface area contributed by atoms with Gasteiger partial charge in [-0.1, -0.05) is 20.8 Å². The number of hydrogen-bond acceptors (Lipinski definition) is 3. The Balaban J connectivity index is 0.000000265. The topological polar surface area (TPSA) is 32.5 Å². The van der Waals surface area contributed by atoms with Gasteiger partial charge in [-0.3, -0.25) is 0 Å². The molecule has 0 atom stereocenters. The SMILES string of the molecule is CCN(CC)CC.CN1CCC(N)CC1. The fraction of sp³-hybridized carbons (Fsp3) is 1.00. The van der Waals surface area contributed by atoms with E-state index in [2.05, 4.69) is 37.6 Å². The first-order valence-corrected chi connectivity index (χ1v) is 6.30. The molecule has 1 heterocycles. The van der Waals surface area contributed by atoms with E-state index in [-0.39, 0.29) is 0 Å². The summed E-state index contributed by atoms with van der Waals surface area (Å²) in [5, 5.41) is 0. The summed E-state index contributed by atoms with van der Waals surface area (Å²) in [4.78, 5) is 4.70. The number of rotatable bonds is 3. The molecule has 0 unspecified atom stereocenters. The van der Waals surface area contributed by atoms with Crippen molar-refractivity contribution in [2.75, 3.05) is 39.8 Å². The maximum atomic E-state index is 5.67. The minimum Gasteiger partial charge on any atom is -0.328 e. The molecule has 15 heavy (non-hydrogen) atoms. The van der Waals surface area contributed by atoms with Crippen LogP contribution >= 0.6 is 0 Å². The summed E-state index contributed by atoms with van der Waals surface area (Å²) < 4.78 is 0. The average Bonchev–Trinajstić information content (AvgIpc) is 2.26. The van der Waals surface area contributed by atoms with Gasteiger partial charge >= 0.3 is 0 Å². The monoisotopic (exact) mass is 215 g/mol. The maximum absolute atomic E-state index is 5.67. The molecule has 0 amide bonds. The van der Waals surface area contributed by atoms with Crippen molar-refractivity contribution in [3.63, 3.8) is 0 Å². The summed E-state index contributed by atoms with van der Waals surface area (Å²) in [6.07, 6.45) is 2.35. The summed E-state index contributed by atoms with van der Waals surface area (Å²) in [6, 6.07) is 0.478. The van der Waals surface area contributed by atoms with Crippen molar-refractivity contribution in [2.45, 2.75) is 39.7 Å². The lowest BCUT2D eigenvalue weighted by molar-refractivity contribution is 0.256. The highest BCUT2D eigenvalue weighted by atomic mass is 15.1. The smallest absolute Gasteiger partial charge is 0.00631 e. The van der Waals surface area contributed by atoms with Crippen LogP contribution in [-0.2, 0) is 0 Å². The van der Waals surface area contributed by atoms with Crippen molar-refractivity contribution < 1.29 is 0 Å². The number of piperidine rings is 1. The lowest BCUT2D eigenvalue weighted by Crippen LogP contribution is -2.37. The molecule has 1 aliphatic rings. The van der Waals surface area contributed by atoms with E-state index in [1.807, 2.05) is 0 Å². The van der Waals surface area contributed by atoms with Crippen LogP contribution in [0.3, 0.4) is 0 Å². The van der Waals surface area contributed by atoms with E-state index in [1.165, 1.54) is 45.6 Å². The summed E-state index contributed by atoms with van der Waals surface area (Å²) in [6.45, 7) is 12.5. The summed E-state index contributed by atoms with van der Waals surface area (Å²) >= 11 is 0. The van der Waals surface area contributed by atoms with Crippen LogP contribution < -0.4 is 5.73 Å². The van der Waals surface area contributed by atoms with Crippen molar-refractivity contribution in [1.82, 2.24) is 9.80 Å². The average molecular weight is 215 g/mol. The zero-order valence-electron chi connectivity index (χ0n) is 11.0. The van der Waals surface area contributed by atoms with Crippen LogP contribution in [0.1, 0.15) is 33.6 Å². The summed E-state index contributed by atoms with van der Waals surface area (Å²) in [5.41, 5.74) is 5.67. The van der Waals surface area contributed by atoms with Gasteiger partial charge < -0.3 is 15.5 Å². The van der Waals surface area contributed by atoms with Crippen molar-refractivity contribution in [3.05, 3.63) is 0 Å². The molecule has 0 bridgehead atoms. The van der Waals surface area contributed by atoms with E-state index in [9.17, 15) is 0 Å². The molecule has 92 valence electrons. The van der Waals surface area contributed by atoms with Gasteiger partial charge in [0, 0.05) is 6.04 Å². The number of nitrogens with two attached hydrogens (primary N) is 1. The van der Waals surface area contributed by atoms with Crippen molar-refractivity contribution in [1.29, 1.82) is 0 Å². The van der Waals surface area contributed by atoms with Crippen molar-refractivity contribution in [2.24, 2.45) is 5.73 Å². The van der Waals surface area contributed by atoms with E-state index in [0.717, 1.165) is 0 Å². The van der Waals surface area contributed by atoms with Crippen LogP contribution in [0.2, 0.25) is 0 Å². The summed E-state index contributed by atoms with van der Waals surface area (Å²) in [5.74, 6) is 0. The largest absolute Gasteiger partial charge is 0.328 e. The Hall–Kier alpha value is -0.120. The fourth-order valence-electron chi connectivity index (χ4n) is 1.70. The summed E-state index contributed by atoms with van der Waals surface area (Å²) in [7, 11) is 2.14. The van der Waals surface area contributed by atoms with Crippen LogP contribution in [0.4, 0.5) is 0 Å². The Morgan fingerprint density at radius 2 is 1.47 bits per heavy atom. The zero-order chi connectivity index (χ0) is 11.7. The minimum absolute atomic E-state index is 0.478. The van der Waals surface area contributed by atoms with Gasteiger partial charge in [-0.25, -0.2) is 0 Å². The van der Waals surface area contributed by atoms with Gasteiger partial charge in [-0.05, 0) is 52.6 Å². The number of nitrogens with zero attached hydrogens (tertiary/aromatic N) is 2. The molecular weight excluding hydrogens is 186 g/mol. The second-order valence-corrected chi connectivity index (χ2v) is 4.26. The molecule has 1 aliphatic heterocycles. The predicted octanol–water partition coefficient (Wildman–Crippen LogP) is 1.39. The van der Waals surface area contributed by atoms with Gasteiger partial charge in [-0.15, -0.1) is 0 Å². The van der Waals surface area contributed by atoms with E-state index in [4.69, 9.17) is 5.73 Å². The van der Waals surface area contributed by atoms with Crippen LogP contribution in [0, 0.1) is 0 Å². The van der Waals surface area contributed by atoms with Crippen LogP contribution in [0.25, 0.3) is 0 Å². The van der Waals surface area contributed by atoms with Crippen LogP contribution in [-0.4, -0.2) is 55.6 Å². The lowest BCUT2D eigenvalue weighted by Gasteiger charge is -2.25. The molecule has 0 aromatic carbocycles. The van der Waals surface area contributed by atoms with E-state index >= 15 is 0 Å². The minimum atomic E-state index is 0.478. The van der Waals surface area contributed by atoms with Gasteiger partial charge in [0.05, 0.1) is 0 Å². The second kappa shape index (κ2) is 9.13. The molecule has 0 saturated carbocycles. The Morgan fingerprint density at radius 3 is 1.67 bits per heavy atom. The number of likely N-dealkylation sites (tertiary alicyclic amines) is 1. The Bertz CT molecular complexity index is 111. The molecular formula is C12H29N3. The Morgan fingerprint density at radius 1 is 1.07 bits per heavy atom. The highest BCUT2D eigenvalue weighted by Crippen LogP contribution is 2.04. The number of hydrogen-bond donors (Lipinski definition) is 1. The molecule has 0 radical (unpaired) electrons. The molecule has 1 rings (SSSR count). The quantitative estimate of drug-likeness (QED) is 0.772. The molecule has 1 saturated heterocycles. The molecule has 2 N–H and O–H groups in total. The van der Waals surface area contributed by atoms with Gasteiger partial charge in [0.1, 0.15) is 0 Å². The third kappa shape index (κ3) is 7.77. The molecule has 0 aromatic heterocycles. The zero-order valence-corrected chi connectivity index (χ0v) is 11.0. The Kier molecular flexibility index (Phi) is 9.06. The fourth-order valence-corrected chi connectivity index (χ4v) is 1.70. The maximum Gasteiger partial charge on any atom is 0.00631 e. The first kappa shape index (κ1) is 14.9. The van der Waals surface area contributed by atoms with Gasteiger partial charge in [0.25, 0.3) is 0 Å². The molecule has 1 fully saturated rings. The third-order valence-electron chi connectivity index (χ3n) is 3.10. The third-order valence-corrected chi connectivity index (χ3v) is 3.10. The standard InChI is InChI=1S/C6H14N2.C6H15N/c1-8-4-2-6(7)3-5-8;1-4-7(5-2)6-3/h6H,2-5,7H2,1H3;4-6H2,1-3H3. The highest BCUT2D eigenvalue weighted by molar-refractivity contribution is 4.70. The molecule has 0 spiro atoms. The van der Waals surface area contributed by atoms with Crippen molar-refractivity contribution >= 4 is 0 Å². The van der Waals surface area contributed by atoms with E-state index < -0.39 is 0 Å². The van der Waals surface area contributed by atoms with Gasteiger partial charge in [0.2, 0.25) is 0 Å². The molecule has 3 heteroatoms. The van der Waals surface area contributed by atoms with Crippen LogP contribution in [0.15, 0.2) is 0 Å². The van der Waals surface area contributed by atoms with E-state index in [0.29, 0.717) is 6.04 Å². The lowest BCUT2D eigenvalue weighted by atomic mass is 10.1. The normalized spacial score (nSPS) is 18.8. The molecule has 0 aromatic rings. The van der Waals surface area contributed by atoms with Gasteiger partial charge in [0.15, 0.2) is 0 Å².